The molecule has 0 radical (unpaired) electrons. The number of ether oxygens (including phenoxy) is 1. The van der Waals surface area contributed by atoms with Crippen LogP contribution in [0.15, 0.2) is 45.5 Å². The lowest BCUT2D eigenvalue weighted by Gasteiger charge is -2.07. The van der Waals surface area contributed by atoms with E-state index in [9.17, 15) is 4.79 Å². The zero-order valence-electron chi connectivity index (χ0n) is 14.9. The van der Waals surface area contributed by atoms with Crippen molar-refractivity contribution in [1.82, 2.24) is 0 Å². The standard InChI is InChI=1S/C21H27BrO3/c1-2-3-4-5-6-7-8-9-16-24-18-12-10-17(11-13-18)21(23)19-14-15-20(22)25-19/h10-15H,2-9,16H2,1H3. The van der Waals surface area contributed by atoms with Crippen LogP contribution in [0, 0.1) is 0 Å². The second-order valence-corrected chi connectivity index (χ2v) is 7.06. The Kier molecular flexibility index (Phi) is 8.81. The van der Waals surface area contributed by atoms with Gasteiger partial charge >= 0.3 is 0 Å². The van der Waals surface area contributed by atoms with Crippen molar-refractivity contribution in [1.29, 1.82) is 0 Å². The van der Waals surface area contributed by atoms with Crippen molar-refractivity contribution in [2.24, 2.45) is 0 Å². The third-order valence-corrected chi connectivity index (χ3v) is 4.61. The first-order valence-electron chi connectivity index (χ1n) is 9.23. The summed E-state index contributed by atoms with van der Waals surface area (Å²) in [5, 5.41) is 0. The Morgan fingerprint density at radius 3 is 2.16 bits per heavy atom. The summed E-state index contributed by atoms with van der Waals surface area (Å²) < 4.78 is 11.6. The van der Waals surface area contributed by atoms with Gasteiger partial charge in [-0.25, -0.2) is 0 Å². The van der Waals surface area contributed by atoms with Crippen molar-refractivity contribution in [3.8, 4) is 5.75 Å². The Labute approximate surface area is 158 Å². The maximum Gasteiger partial charge on any atom is 0.228 e. The van der Waals surface area contributed by atoms with Gasteiger partial charge in [0.1, 0.15) is 5.75 Å². The van der Waals surface area contributed by atoms with Gasteiger partial charge in [0.15, 0.2) is 10.4 Å². The molecule has 25 heavy (non-hydrogen) atoms. The molecule has 136 valence electrons. The van der Waals surface area contributed by atoms with Gasteiger partial charge in [-0.05, 0) is 58.7 Å². The van der Waals surface area contributed by atoms with Crippen LogP contribution < -0.4 is 4.74 Å². The highest BCUT2D eigenvalue weighted by Crippen LogP contribution is 2.19. The summed E-state index contributed by atoms with van der Waals surface area (Å²) >= 11 is 3.21. The second kappa shape index (κ2) is 11.1. The molecule has 0 bridgehead atoms. The molecule has 0 saturated heterocycles. The molecule has 0 N–H and O–H groups in total. The number of furan rings is 1. The number of hydrogen-bond acceptors (Lipinski definition) is 3. The summed E-state index contributed by atoms with van der Waals surface area (Å²) in [6, 6.07) is 10.6. The fraction of sp³-hybridized carbons (Fsp3) is 0.476. The van der Waals surface area contributed by atoms with E-state index in [2.05, 4.69) is 22.9 Å². The number of halogens is 1. The zero-order valence-corrected chi connectivity index (χ0v) is 16.5. The van der Waals surface area contributed by atoms with E-state index >= 15 is 0 Å². The van der Waals surface area contributed by atoms with Crippen LogP contribution in [0.3, 0.4) is 0 Å². The topological polar surface area (TPSA) is 39.4 Å². The van der Waals surface area contributed by atoms with Gasteiger partial charge in [0, 0.05) is 5.56 Å². The minimum absolute atomic E-state index is 0.125. The van der Waals surface area contributed by atoms with E-state index in [0.29, 0.717) is 16.0 Å². The first-order chi connectivity index (χ1) is 12.2. The second-order valence-electron chi connectivity index (χ2n) is 6.28. The Morgan fingerprint density at radius 1 is 0.920 bits per heavy atom. The minimum atomic E-state index is -0.125. The Hall–Kier alpha value is -1.55. The first-order valence-corrected chi connectivity index (χ1v) is 10.0. The lowest BCUT2D eigenvalue weighted by Crippen LogP contribution is -2.01. The van der Waals surface area contributed by atoms with Gasteiger partial charge in [0.05, 0.1) is 6.61 Å². The highest BCUT2D eigenvalue weighted by molar-refractivity contribution is 9.10. The molecule has 0 aliphatic rings. The number of benzene rings is 1. The summed E-state index contributed by atoms with van der Waals surface area (Å²) in [5.41, 5.74) is 0.598. The van der Waals surface area contributed by atoms with Crippen molar-refractivity contribution < 1.29 is 13.9 Å². The molecule has 0 aliphatic heterocycles. The average molecular weight is 407 g/mol. The average Bonchev–Trinajstić information content (AvgIpc) is 3.06. The maximum absolute atomic E-state index is 12.2. The molecule has 0 saturated carbocycles. The third kappa shape index (κ3) is 7.07. The van der Waals surface area contributed by atoms with Crippen LogP contribution in [-0.2, 0) is 0 Å². The molecule has 1 aromatic heterocycles. The predicted octanol–water partition coefficient (Wildman–Crippen LogP) is 6.79. The van der Waals surface area contributed by atoms with Gasteiger partial charge in [-0.3, -0.25) is 4.79 Å². The number of hydrogen-bond donors (Lipinski definition) is 0. The maximum atomic E-state index is 12.2. The minimum Gasteiger partial charge on any atom is -0.494 e. The monoisotopic (exact) mass is 406 g/mol. The molecular weight excluding hydrogens is 380 g/mol. The number of unbranched alkanes of at least 4 members (excludes halogenated alkanes) is 7. The van der Waals surface area contributed by atoms with Crippen molar-refractivity contribution in [2.75, 3.05) is 6.61 Å². The van der Waals surface area contributed by atoms with E-state index in [-0.39, 0.29) is 5.78 Å². The van der Waals surface area contributed by atoms with Crippen LogP contribution >= 0.6 is 15.9 Å². The summed E-state index contributed by atoms with van der Waals surface area (Å²) in [6.07, 6.45) is 10.3. The molecule has 0 aliphatic carbocycles. The molecule has 0 atom stereocenters. The Balaban J connectivity index is 1.64. The lowest BCUT2D eigenvalue weighted by atomic mass is 10.1. The van der Waals surface area contributed by atoms with Gasteiger partial charge in [-0.15, -0.1) is 0 Å². The molecule has 2 rings (SSSR count). The lowest BCUT2D eigenvalue weighted by molar-refractivity contribution is 0.101. The molecule has 1 heterocycles. The summed E-state index contributed by atoms with van der Waals surface area (Å²) in [4.78, 5) is 12.2. The summed E-state index contributed by atoms with van der Waals surface area (Å²) in [5.74, 6) is 1.01. The van der Waals surface area contributed by atoms with E-state index in [1.165, 1.54) is 44.9 Å². The number of rotatable bonds is 12. The third-order valence-electron chi connectivity index (χ3n) is 4.18. The number of carbonyl (C=O) groups is 1. The largest absolute Gasteiger partial charge is 0.494 e. The van der Waals surface area contributed by atoms with Gasteiger partial charge in [0.25, 0.3) is 0 Å². The number of ketones is 1. The summed E-state index contributed by atoms with van der Waals surface area (Å²) in [7, 11) is 0. The van der Waals surface area contributed by atoms with E-state index in [4.69, 9.17) is 9.15 Å². The van der Waals surface area contributed by atoms with E-state index in [0.717, 1.165) is 18.8 Å². The first kappa shape index (κ1) is 19.8. The molecule has 0 fully saturated rings. The van der Waals surface area contributed by atoms with E-state index in [1.54, 1.807) is 24.3 Å². The van der Waals surface area contributed by atoms with Gasteiger partial charge in [-0.2, -0.15) is 0 Å². The highest BCUT2D eigenvalue weighted by atomic mass is 79.9. The Bertz CT molecular complexity index is 631. The van der Waals surface area contributed by atoms with Crippen LogP contribution in [0.2, 0.25) is 0 Å². The molecular formula is C21H27BrO3. The van der Waals surface area contributed by atoms with Crippen molar-refractivity contribution in [3.63, 3.8) is 0 Å². The highest BCUT2D eigenvalue weighted by Gasteiger charge is 2.13. The van der Waals surface area contributed by atoms with Crippen LogP contribution in [-0.4, -0.2) is 12.4 Å². The Morgan fingerprint density at radius 2 is 1.56 bits per heavy atom. The van der Waals surface area contributed by atoms with Crippen LogP contribution in [0.4, 0.5) is 0 Å². The fourth-order valence-corrected chi connectivity index (χ4v) is 3.01. The van der Waals surface area contributed by atoms with Crippen LogP contribution in [0.1, 0.15) is 74.4 Å². The van der Waals surface area contributed by atoms with Gasteiger partial charge in [-0.1, -0.05) is 51.9 Å². The quantitative estimate of drug-likeness (QED) is 0.287. The van der Waals surface area contributed by atoms with Crippen molar-refractivity contribution in [2.45, 2.75) is 58.3 Å². The normalized spacial score (nSPS) is 10.8. The molecule has 0 amide bonds. The van der Waals surface area contributed by atoms with Crippen LogP contribution in [0.5, 0.6) is 5.75 Å². The zero-order chi connectivity index (χ0) is 17.9. The van der Waals surface area contributed by atoms with Gasteiger partial charge < -0.3 is 9.15 Å². The molecule has 1 aromatic carbocycles. The molecule has 3 nitrogen and oxygen atoms in total. The number of carbonyl (C=O) groups excluding carboxylic acids is 1. The SMILES string of the molecule is CCCCCCCCCCOc1ccc(C(=O)c2ccc(Br)o2)cc1. The van der Waals surface area contributed by atoms with Crippen molar-refractivity contribution >= 4 is 21.7 Å². The van der Waals surface area contributed by atoms with Crippen LogP contribution in [0.25, 0.3) is 0 Å². The van der Waals surface area contributed by atoms with E-state index in [1.807, 2.05) is 12.1 Å². The smallest absolute Gasteiger partial charge is 0.228 e. The molecule has 0 unspecified atom stereocenters. The van der Waals surface area contributed by atoms with Gasteiger partial charge in [0.2, 0.25) is 5.78 Å². The molecule has 0 spiro atoms. The fourth-order valence-electron chi connectivity index (χ4n) is 2.71. The summed E-state index contributed by atoms with van der Waals surface area (Å²) in [6.45, 7) is 2.98. The predicted molar refractivity (Wildman–Crippen MR) is 104 cm³/mol. The van der Waals surface area contributed by atoms with Crippen molar-refractivity contribution in [3.05, 3.63) is 52.4 Å². The van der Waals surface area contributed by atoms with E-state index < -0.39 is 0 Å². The molecule has 4 heteroatoms. The molecule has 2 aromatic rings.